The van der Waals surface area contributed by atoms with Crippen LogP contribution in [-0.4, -0.2) is 24.9 Å². The Hall–Kier alpha value is -1.52. The minimum Gasteiger partial charge on any atom is -0.387 e. The van der Waals surface area contributed by atoms with Crippen LogP contribution in [0.4, 0.5) is 5.69 Å². The lowest BCUT2D eigenvalue weighted by atomic mass is 10.1. The van der Waals surface area contributed by atoms with Crippen LogP contribution in [0.2, 0.25) is 5.02 Å². The molecule has 0 heterocycles. The van der Waals surface area contributed by atoms with Gasteiger partial charge in [-0.2, -0.15) is 0 Å². The summed E-state index contributed by atoms with van der Waals surface area (Å²) in [5.74, 6) is -0.0717. The Morgan fingerprint density at radius 3 is 2.67 bits per heavy atom. The Morgan fingerprint density at radius 1 is 1.29 bits per heavy atom. The van der Waals surface area contributed by atoms with Crippen LogP contribution in [0.1, 0.15) is 15.9 Å². The van der Waals surface area contributed by atoms with E-state index in [-0.39, 0.29) is 5.91 Å². The fourth-order valence-electron chi connectivity index (χ4n) is 2.07. The summed E-state index contributed by atoms with van der Waals surface area (Å²) in [6.07, 6.45) is 0. The van der Waals surface area contributed by atoms with Gasteiger partial charge < -0.3 is 10.2 Å². The Kier molecular flexibility index (Phi) is 5.26. The molecule has 21 heavy (non-hydrogen) atoms. The summed E-state index contributed by atoms with van der Waals surface area (Å²) in [7, 11) is 3.57. The van der Waals surface area contributed by atoms with Gasteiger partial charge in [0.15, 0.2) is 0 Å². The highest BCUT2D eigenvalue weighted by molar-refractivity contribution is 9.10. The van der Waals surface area contributed by atoms with Crippen molar-refractivity contribution in [1.29, 1.82) is 0 Å². The third-order valence-corrected chi connectivity index (χ3v) is 4.20. The molecule has 0 unspecified atom stereocenters. The van der Waals surface area contributed by atoms with Crippen molar-refractivity contribution in [3.8, 4) is 0 Å². The van der Waals surface area contributed by atoms with E-state index in [0.717, 1.165) is 15.7 Å². The average molecular weight is 368 g/mol. The van der Waals surface area contributed by atoms with Crippen molar-refractivity contribution >= 4 is 39.1 Å². The van der Waals surface area contributed by atoms with Gasteiger partial charge >= 0.3 is 0 Å². The Balaban J connectivity index is 2.24. The first kappa shape index (κ1) is 15.9. The minimum absolute atomic E-state index is 0.0717. The molecule has 0 fully saturated rings. The smallest absolute Gasteiger partial charge is 0.256 e. The van der Waals surface area contributed by atoms with Crippen molar-refractivity contribution in [3.05, 3.63) is 63.1 Å². The number of nitrogens with zero attached hydrogens (tertiary/aromatic N) is 1. The van der Waals surface area contributed by atoms with E-state index in [0.29, 0.717) is 17.1 Å². The highest BCUT2D eigenvalue weighted by atomic mass is 79.9. The highest BCUT2D eigenvalue weighted by Gasteiger charge is 2.17. The van der Waals surface area contributed by atoms with E-state index in [1.54, 1.807) is 31.1 Å². The molecule has 0 aliphatic rings. The van der Waals surface area contributed by atoms with E-state index >= 15 is 0 Å². The summed E-state index contributed by atoms with van der Waals surface area (Å²) in [4.78, 5) is 14.3. The molecular formula is C16H16BrClN2O. The first-order valence-electron chi connectivity index (χ1n) is 6.49. The Morgan fingerprint density at radius 2 is 2.00 bits per heavy atom. The van der Waals surface area contributed by atoms with E-state index in [1.807, 2.05) is 30.3 Å². The third kappa shape index (κ3) is 3.77. The molecule has 0 spiro atoms. The Bertz CT molecular complexity index is 660. The van der Waals surface area contributed by atoms with Gasteiger partial charge in [0.25, 0.3) is 5.91 Å². The lowest BCUT2D eigenvalue weighted by molar-refractivity contribution is 0.0786. The van der Waals surface area contributed by atoms with Crippen molar-refractivity contribution in [3.63, 3.8) is 0 Å². The molecule has 0 aliphatic carbocycles. The number of amides is 1. The first-order valence-corrected chi connectivity index (χ1v) is 7.66. The van der Waals surface area contributed by atoms with Crippen LogP contribution in [0.15, 0.2) is 46.9 Å². The molecule has 0 atom stereocenters. The minimum atomic E-state index is -0.0717. The van der Waals surface area contributed by atoms with E-state index in [1.165, 1.54) is 0 Å². The van der Waals surface area contributed by atoms with Crippen LogP contribution < -0.4 is 5.32 Å². The zero-order chi connectivity index (χ0) is 15.4. The van der Waals surface area contributed by atoms with Gasteiger partial charge in [0, 0.05) is 35.8 Å². The Labute approximate surface area is 138 Å². The number of anilines is 1. The summed E-state index contributed by atoms with van der Waals surface area (Å²) >= 11 is 9.50. The topological polar surface area (TPSA) is 32.3 Å². The average Bonchev–Trinajstić information content (AvgIpc) is 2.48. The van der Waals surface area contributed by atoms with Gasteiger partial charge in [-0.05, 0) is 29.8 Å². The number of hydrogen-bond acceptors (Lipinski definition) is 2. The van der Waals surface area contributed by atoms with Crippen LogP contribution in [0.3, 0.4) is 0 Å². The maximum atomic E-state index is 12.6. The maximum absolute atomic E-state index is 12.6. The van der Waals surface area contributed by atoms with Gasteiger partial charge in [0.2, 0.25) is 0 Å². The van der Waals surface area contributed by atoms with Gasteiger partial charge in [0.1, 0.15) is 0 Å². The predicted molar refractivity (Wildman–Crippen MR) is 90.9 cm³/mol. The maximum Gasteiger partial charge on any atom is 0.256 e. The highest BCUT2D eigenvalue weighted by Crippen LogP contribution is 2.23. The molecule has 3 nitrogen and oxygen atoms in total. The zero-order valence-corrected chi connectivity index (χ0v) is 14.2. The summed E-state index contributed by atoms with van der Waals surface area (Å²) < 4.78 is 0.990. The van der Waals surface area contributed by atoms with E-state index < -0.39 is 0 Å². The van der Waals surface area contributed by atoms with Crippen molar-refractivity contribution in [2.24, 2.45) is 0 Å². The third-order valence-electron chi connectivity index (χ3n) is 3.19. The van der Waals surface area contributed by atoms with Gasteiger partial charge in [-0.3, -0.25) is 4.79 Å². The number of benzene rings is 2. The van der Waals surface area contributed by atoms with Gasteiger partial charge in [-0.15, -0.1) is 0 Å². The molecule has 0 saturated carbocycles. The van der Waals surface area contributed by atoms with Crippen molar-refractivity contribution in [2.45, 2.75) is 6.54 Å². The number of halogens is 2. The number of hydrogen-bond donors (Lipinski definition) is 1. The van der Waals surface area contributed by atoms with Crippen LogP contribution >= 0.6 is 27.5 Å². The summed E-state index contributed by atoms with van der Waals surface area (Å²) in [5.41, 5.74) is 2.39. The summed E-state index contributed by atoms with van der Waals surface area (Å²) in [6.45, 7) is 0.524. The molecule has 110 valence electrons. The number of rotatable bonds is 4. The normalized spacial score (nSPS) is 10.3. The fourth-order valence-corrected chi connectivity index (χ4v) is 2.65. The van der Waals surface area contributed by atoms with Crippen molar-refractivity contribution in [1.82, 2.24) is 4.90 Å². The molecule has 1 amide bonds. The SMILES string of the molecule is CNc1ccc(Cl)cc1C(=O)N(C)Cc1ccccc1Br. The number of carbonyl (C=O) groups excluding carboxylic acids is 1. The molecule has 2 aromatic carbocycles. The fraction of sp³-hybridized carbons (Fsp3) is 0.188. The molecule has 2 aromatic rings. The van der Waals surface area contributed by atoms with Crippen LogP contribution in [0, 0.1) is 0 Å². The molecule has 5 heteroatoms. The van der Waals surface area contributed by atoms with Crippen molar-refractivity contribution in [2.75, 3.05) is 19.4 Å². The quantitative estimate of drug-likeness (QED) is 0.868. The number of nitrogens with one attached hydrogen (secondary N) is 1. The van der Waals surface area contributed by atoms with Gasteiger partial charge in [-0.25, -0.2) is 0 Å². The molecular weight excluding hydrogens is 352 g/mol. The van der Waals surface area contributed by atoms with Crippen LogP contribution in [0.5, 0.6) is 0 Å². The number of carbonyl (C=O) groups is 1. The lowest BCUT2D eigenvalue weighted by Crippen LogP contribution is -2.27. The lowest BCUT2D eigenvalue weighted by Gasteiger charge is -2.20. The van der Waals surface area contributed by atoms with Crippen LogP contribution in [-0.2, 0) is 6.54 Å². The molecule has 0 aliphatic heterocycles. The second-order valence-electron chi connectivity index (χ2n) is 4.69. The van der Waals surface area contributed by atoms with Gasteiger partial charge in [-0.1, -0.05) is 45.7 Å². The first-order chi connectivity index (χ1) is 10.0. The largest absolute Gasteiger partial charge is 0.387 e. The van der Waals surface area contributed by atoms with E-state index in [9.17, 15) is 4.79 Å². The summed E-state index contributed by atoms with van der Waals surface area (Å²) in [6, 6.07) is 13.1. The van der Waals surface area contributed by atoms with E-state index in [2.05, 4.69) is 21.2 Å². The monoisotopic (exact) mass is 366 g/mol. The second-order valence-corrected chi connectivity index (χ2v) is 5.98. The standard InChI is InChI=1S/C16H16BrClN2O/c1-19-15-8-7-12(18)9-13(15)16(21)20(2)10-11-5-3-4-6-14(11)17/h3-9,19H,10H2,1-2H3. The van der Waals surface area contributed by atoms with Crippen LogP contribution in [0.25, 0.3) is 0 Å². The zero-order valence-electron chi connectivity index (χ0n) is 11.9. The summed E-state index contributed by atoms with van der Waals surface area (Å²) in [5, 5.41) is 3.57. The van der Waals surface area contributed by atoms with E-state index in [4.69, 9.17) is 11.6 Å². The molecule has 0 radical (unpaired) electrons. The predicted octanol–water partition coefficient (Wildman–Crippen LogP) is 4.42. The second kappa shape index (κ2) is 6.96. The van der Waals surface area contributed by atoms with Crippen molar-refractivity contribution < 1.29 is 4.79 Å². The molecule has 0 bridgehead atoms. The molecule has 0 saturated heterocycles. The van der Waals surface area contributed by atoms with Gasteiger partial charge in [0.05, 0.1) is 5.56 Å². The molecule has 1 N–H and O–H groups in total. The molecule has 2 rings (SSSR count). The molecule has 0 aromatic heterocycles.